The molecule has 3 rings (SSSR count). The van der Waals surface area contributed by atoms with Gasteiger partial charge in [0.2, 0.25) is 10.0 Å². The monoisotopic (exact) mass is 465 g/mol. The van der Waals surface area contributed by atoms with Gasteiger partial charge in [-0.2, -0.15) is 4.31 Å². The highest BCUT2D eigenvalue weighted by molar-refractivity contribution is 7.89. The summed E-state index contributed by atoms with van der Waals surface area (Å²) in [5.74, 6) is -0.0888. The van der Waals surface area contributed by atoms with Gasteiger partial charge in [-0.15, -0.1) is 0 Å². The van der Waals surface area contributed by atoms with Crippen LogP contribution in [0.3, 0.4) is 0 Å². The summed E-state index contributed by atoms with van der Waals surface area (Å²) in [4.78, 5) is 10.1. The van der Waals surface area contributed by atoms with E-state index in [2.05, 4.69) is 5.32 Å². The summed E-state index contributed by atoms with van der Waals surface area (Å²) in [5, 5.41) is 14.6. The molecule has 2 aromatic carbocycles. The molecule has 0 atom stereocenters. The highest BCUT2D eigenvalue weighted by Gasteiger charge is 2.31. The summed E-state index contributed by atoms with van der Waals surface area (Å²) in [7, 11) is -4.05. The third-order valence-corrected chi connectivity index (χ3v) is 6.93. The van der Waals surface area contributed by atoms with Gasteiger partial charge in [0.05, 0.1) is 9.95 Å². The molecule has 12 heteroatoms. The van der Waals surface area contributed by atoms with Crippen LogP contribution in [0, 0.1) is 10.1 Å². The van der Waals surface area contributed by atoms with E-state index in [0.717, 1.165) is 12.1 Å². The van der Waals surface area contributed by atoms with Crippen molar-refractivity contribution in [2.24, 2.45) is 0 Å². The number of piperazine rings is 1. The van der Waals surface area contributed by atoms with E-state index >= 15 is 0 Å². The van der Waals surface area contributed by atoms with E-state index in [4.69, 9.17) is 39.5 Å². The van der Waals surface area contributed by atoms with E-state index in [-0.39, 0.29) is 50.2 Å². The molecule has 8 nitrogen and oxygen atoms in total. The summed E-state index contributed by atoms with van der Waals surface area (Å²) in [6.07, 6.45) is 0. The van der Waals surface area contributed by atoms with Crippen molar-refractivity contribution in [2.45, 2.75) is 4.90 Å². The number of nitro benzene ring substituents is 1. The molecule has 28 heavy (non-hydrogen) atoms. The fourth-order valence-corrected chi connectivity index (χ4v) is 4.84. The Balaban J connectivity index is 2.10. The molecule has 0 amide bonds. The summed E-state index contributed by atoms with van der Waals surface area (Å²) < 4.78 is 33.1. The summed E-state index contributed by atoms with van der Waals surface area (Å²) in [6, 6.07) is 6.10. The minimum Gasteiger partial charge on any atom is -0.454 e. The van der Waals surface area contributed by atoms with Crippen molar-refractivity contribution >= 4 is 50.5 Å². The first-order chi connectivity index (χ1) is 13.2. The maximum atomic E-state index is 13.1. The van der Waals surface area contributed by atoms with Gasteiger partial charge in [0.15, 0.2) is 0 Å². The molecule has 1 fully saturated rings. The van der Waals surface area contributed by atoms with Crippen molar-refractivity contribution in [1.82, 2.24) is 9.62 Å². The Morgan fingerprint density at radius 2 is 1.75 bits per heavy atom. The molecular weight excluding hydrogens is 453 g/mol. The van der Waals surface area contributed by atoms with Gasteiger partial charge in [0.1, 0.15) is 21.4 Å². The van der Waals surface area contributed by atoms with Gasteiger partial charge in [-0.1, -0.05) is 34.8 Å². The molecule has 0 bridgehead atoms. The molecule has 1 saturated heterocycles. The van der Waals surface area contributed by atoms with Crippen molar-refractivity contribution in [1.29, 1.82) is 0 Å². The molecular formula is C16H14Cl3N3O5S. The molecule has 0 radical (unpaired) electrons. The predicted octanol–water partition coefficient (Wildman–Crippen LogP) is 3.94. The number of hydrogen-bond acceptors (Lipinski definition) is 6. The second-order valence-electron chi connectivity index (χ2n) is 5.84. The molecule has 1 N–H and O–H groups in total. The van der Waals surface area contributed by atoms with Gasteiger partial charge < -0.3 is 10.1 Å². The minimum absolute atomic E-state index is 0.0322. The molecule has 2 aromatic rings. The summed E-state index contributed by atoms with van der Waals surface area (Å²) >= 11 is 18.1. The van der Waals surface area contributed by atoms with Gasteiger partial charge in [-0.3, -0.25) is 10.1 Å². The third kappa shape index (κ3) is 4.35. The minimum atomic E-state index is -4.05. The van der Waals surface area contributed by atoms with Crippen LogP contribution in [0.1, 0.15) is 0 Å². The SMILES string of the molecule is O=[N+]([O-])c1ccc(Oc2cc(Cl)cc(Cl)c2Cl)c(S(=O)(=O)N2CCNCC2)c1. The van der Waals surface area contributed by atoms with Crippen LogP contribution in [0.25, 0.3) is 0 Å². The molecule has 0 aliphatic carbocycles. The zero-order valence-electron chi connectivity index (χ0n) is 14.2. The number of benzene rings is 2. The van der Waals surface area contributed by atoms with Gasteiger partial charge in [0, 0.05) is 49.4 Å². The normalized spacial score (nSPS) is 15.4. The molecule has 150 valence electrons. The molecule has 0 aromatic heterocycles. The second kappa shape index (κ2) is 8.40. The lowest BCUT2D eigenvalue weighted by molar-refractivity contribution is -0.385. The first kappa shape index (κ1) is 21.1. The standard InChI is InChI=1S/C16H14Cl3N3O5S/c17-10-7-12(18)16(19)14(8-10)27-13-2-1-11(22(23)24)9-15(13)28(25,26)21-5-3-20-4-6-21/h1-2,7-9,20H,3-6H2. The van der Waals surface area contributed by atoms with Crippen molar-refractivity contribution in [3.8, 4) is 11.5 Å². The third-order valence-electron chi connectivity index (χ3n) is 4.01. The Bertz CT molecular complexity index is 1030. The molecule has 1 aliphatic heterocycles. The van der Waals surface area contributed by atoms with Crippen molar-refractivity contribution in [3.63, 3.8) is 0 Å². The van der Waals surface area contributed by atoms with Crippen LogP contribution in [0.4, 0.5) is 5.69 Å². The van der Waals surface area contributed by atoms with Gasteiger partial charge in [-0.25, -0.2) is 8.42 Å². The largest absolute Gasteiger partial charge is 0.454 e. The van der Waals surface area contributed by atoms with Crippen LogP contribution in [0.2, 0.25) is 15.1 Å². The maximum absolute atomic E-state index is 13.1. The zero-order valence-corrected chi connectivity index (χ0v) is 17.3. The first-order valence-electron chi connectivity index (χ1n) is 8.02. The summed E-state index contributed by atoms with van der Waals surface area (Å²) in [5.41, 5.74) is -0.378. The van der Waals surface area contributed by atoms with Crippen LogP contribution in [0.5, 0.6) is 11.5 Å². The topological polar surface area (TPSA) is 102 Å². The molecule has 1 aliphatic rings. The number of sulfonamides is 1. The predicted molar refractivity (Wildman–Crippen MR) is 106 cm³/mol. The Hall–Kier alpha value is -1.62. The Morgan fingerprint density at radius 1 is 1.07 bits per heavy atom. The highest BCUT2D eigenvalue weighted by Crippen LogP contribution is 2.40. The number of nitro groups is 1. The number of hydrogen-bond donors (Lipinski definition) is 1. The zero-order chi connectivity index (χ0) is 20.5. The Labute approximate surface area is 176 Å². The van der Waals surface area contributed by atoms with Gasteiger partial charge in [0.25, 0.3) is 5.69 Å². The van der Waals surface area contributed by atoms with E-state index < -0.39 is 14.9 Å². The smallest absolute Gasteiger partial charge is 0.271 e. The quantitative estimate of drug-likeness (QED) is 0.407. The molecule has 0 saturated carbocycles. The fraction of sp³-hybridized carbons (Fsp3) is 0.250. The van der Waals surface area contributed by atoms with Gasteiger partial charge >= 0.3 is 0 Å². The van der Waals surface area contributed by atoms with E-state index in [1.165, 1.54) is 22.5 Å². The molecule has 0 spiro atoms. The van der Waals surface area contributed by atoms with Crippen LogP contribution < -0.4 is 10.1 Å². The number of non-ortho nitro benzene ring substituents is 1. The summed E-state index contributed by atoms with van der Waals surface area (Å²) in [6.45, 7) is 1.41. The van der Waals surface area contributed by atoms with E-state index in [0.29, 0.717) is 13.1 Å². The Morgan fingerprint density at radius 3 is 2.39 bits per heavy atom. The number of nitrogens with one attached hydrogen (secondary N) is 1. The highest BCUT2D eigenvalue weighted by atomic mass is 35.5. The number of ether oxygens (including phenoxy) is 1. The van der Waals surface area contributed by atoms with Crippen LogP contribution >= 0.6 is 34.8 Å². The van der Waals surface area contributed by atoms with Crippen molar-refractivity contribution in [3.05, 3.63) is 55.5 Å². The van der Waals surface area contributed by atoms with Crippen LogP contribution in [-0.2, 0) is 10.0 Å². The first-order valence-corrected chi connectivity index (χ1v) is 10.6. The fourth-order valence-electron chi connectivity index (χ4n) is 2.65. The van der Waals surface area contributed by atoms with Crippen LogP contribution in [-0.4, -0.2) is 43.8 Å². The average Bonchev–Trinajstić information content (AvgIpc) is 2.66. The number of halogens is 3. The molecule has 0 unspecified atom stereocenters. The van der Waals surface area contributed by atoms with Crippen molar-refractivity contribution in [2.75, 3.05) is 26.2 Å². The number of nitrogens with zero attached hydrogens (tertiary/aromatic N) is 2. The Kier molecular flexibility index (Phi) is 6.33. The lowest BCUT2D eigenvalue weighted by atomic mass is 10.3. The van der Waals surface area contributed by atoms with E-state index in [9.17, 15) is 18.5 Å². The van der Waals surface area contributed by atoms with Crippen LogP contribution in [0.15, 0.2) is 35.2 Å². The lowest BCUT2D eigenvalue weighted by Crippen LogP contribution is -2.46. The maximum Gasteiger partial charge on any atom is 0.271 e. The van der Waals surface area contributed by atoms with Crippen molar-refractivity contribution < 1.29 is 18.1 Å². The van der Waals surface area contributed by atoms with E-state index in [1.807, 2.05) is 0 Å². The average molecular weight is 467 g/mol. The number of rotatable bonds is 5. The van der Waals surface area contributed by atoms with E-state index in [1.54, 1.807) is 0 Å². The lowest BCUT2D eigenvalue weighted by Gasteiger charge is -2.27. The van der Waals surface area contributed by atoms with Gasteiger partial charge in [-0.05, 0) is 12.1 Å². The second-order valence-corrected chi connectivity index (χ2v) is 8.97. The molecule has 1 heterocycles.